The van der Waals surface area contributed by atoms with Crippen LogP contribution in [0, 0.1) is 10.1 Å². The monoisotopic (exact) mass is 323 g/mol. The van der Waals surface area contributed by atoms with Crippen molar-refractivity contribution in [2.75, 3.05) is 5.33 Å². The molecular weight excluding hydrogens is 316 g/mol. The van der Waals surface area contributed by atoms with Crippen LogP contribution < -0.4 is 4.74 Å². The fourth-order valence-corrected chi connectivity index (χ4v) is 1.71. The van der Waals surface area contributed by atoms with E-state index in [0.29, 0.717) is 5.33 Å². The molecule has 0 heterocycles. The predicted octanol–water partition coefficient (Wildman–Crippen LogP) is 3.16. The molecule has 0 N–H and O–H groups in total. The van der Waals surface area contributed by atoms with Crippen molar-refractivity contribution < 1.29 is 23.2 Å². The number of nitrogens with zero attached hydrogens (tertiary/aromatic N) is 1. The molecule has 0 bridgehead atoms. The van der Waals surface area contributed by atoms with Crippen molar-refractivity contribution in [2.24, 2.45) is 0 Å². The number of hydrogen-bond donors (Lipinski definition) is 0. The van der Waals surface area contributed by atoms with Gasteiger partial charge in [0.1, 0.15) is 0 Å². The summed E-state index contributed by atoms with van der Waals surface area (Å²) in [5.41, 5.74) is -0.971. The summed E-state index contributed by atoms with van der Waals surface area (Å²) in [4.78, 5) is 21.6. The minimum Gasteiger partial charge on any atom is -0.427 e. The third-order valence-electron chi connectivity index (χ3n) is 2.02. The van der Waals surface area contributed by atoms with Crippen molar-refractivity contribution in [1.82, 2.24) is 0 Å². The standard InChI is InChI=1S/C10H8BrF2NO4/c11-5-4-7(15)6-2-1-3-8(18-10(12)13)9(6)14(16)17/h1-3,10H,4-5H2. The largest absolute Gasteiger partial charge is 0.427 e. The number of hydrogen-bond acceptors (Lipinski definition) is 4. The van der Waals surface area contributed by atoms with E-state index in [1.807, 2.05) is 0 Å². The Morgan fingerprint density at radius 3 is 2.67 bits per heavy atom. The average Bonchev–Trinajstić information content (AvgIpc) is 2.27. The van der Waals surface area contributed by atoms with Gasteiger partial charge in [0.05, 0.1) is 10.5 Å². The second-order valence-corrected chi connectivity index (χ2v) is 3.94. The van der Waals surface area contributed by atoms with Crippen molar-refractivity contribution in [3.05, 3.63) is 33.9 Å². The van der Waals surface area contributed by atoms with Crippen molar-refractivity contribution in [2.45, 2.75) is 13.0 Å². The number of ether oxygens (including phenoxy) is 1. The molecule has 1 rings (SSSR count). The first-order chi connectivity index (χ1) is 8.47. The number of alkyl halides is 3. The van der Waals surface area contributed by atoms with Crippen LogP contribution in [0.5, 0.6) is 5.75 Å². The lowest BCUT2D eigenvalue weighted by molar-refractivity contribution is -0.386. The summed E-state index contributed by atoms with van der Waals surface area (Å²) in [5, 5.41) is 11.2. The number of ketones is 1. The molecule has 1 aromatic carbocycles. The highest BCUT2D eigenvalue weighted by Crippen LogP contribution is 2.32. The summed E-state index contributed by atoms with van der Waals surface area (Å²) in [6, 6.07) is 3.49. The van der Waals surface area contributed by atoms with Crippen LogP contribution in [0.3, 0.4) is 0 Å². The molecule has 0 aliphatic carbocycles. The highest BCUT2D eigenvalue weighted by molar-refractivity contribution is 9.09. The molecule has 0 radical (unpaired) electrons. The van der Waals surface area contributed by atoms with Crippen molar-refractivity contribution in [3.63, 3.8) is 0 Å². The van der Waals surface area contributed by atoms with Gasteiger partial charge in [-0.05, 0) is 12.1 Å². The smallest absolute Gasteiger partial charge is 0.387 e. The van der Waals surface area contributed by atoms with Crippen LogP contribution in [0.1, 0.15) is 16.8 Å². The van der Waals surface area contributed by atoms with E-state index in [1.165, 1.54) is 12.1 Å². The Morgan fingerprint density at radius 2 is 2.17 bits per heavy atom. The molecule has 5 nitrogen and oxygen atoms in total. The van der Waals surface area contributed by atoms with Gasteiger partial charge in [-0.3, -0.25) is 14.9 Å². The fourth-order valence-electron chi connectivity index (χ4n) is 1.35. The minimum atomic E-state index is -3.19. The van der Waals surface area contributed by atoms with Crippen molar-refractivity contribution >= 4 is 27.4 Å². The molecule has 0 aliphatic heterocycles. The molecule has 0 aromatic heterocycles. The van der Waals surface area contributed by atoms with E-state index in [9.17, 15) is 23.7 Å². The summed E-state index contributed by atoms with van der Waals surface area (Å²) in [6.07, 6.45) is 0.0268. The number of carbonyl (C=O) groups is 1. The van der Waals surface area contributed by atoms with Gasteiger partial charge in [-0.25, -0.2) is 0 Å². The third kappa shape index (κ3) is 3.46. The van der Waals surface area contributed by atoms with Crippen LogP contribution in [0.15, 0.2) is 18.2 Å². The minimum absolute atomic E-state index is 0.0268. The molecule has 1 aromatic rings. The Balaban J connectivity index is 3.25. The first kappa shape index (κ1) is 14.5. The summed E-state index contributed by atoms with van der Waals surface area (Å²) < 4.78 is 28.3. The van der Waals surface area contributed by atoms with E-state index in [1.54, 1.807) is 0 Å². The Morgan fingerprint density at radius 1 is 1.50 bits per heavy atom. The first-order valence-corrected chi connectivity index (χ1v) is 5.91. The number of nitro benzene ring substituents is 1. The Bertz CT molecular complexity index is 467. The SMILES string of the molecule is O=C(CCBr)c1cccc(OC(F)F)c1[N+](=O)[O-]. The summed E-state index contributed by atoms with van der Waals surface area (Å²) in [5.74, 6) is -1.13. The molecule has 8 heteroatoms. The molecule has 0 atom stereocenters. The van der Waals surface area contributed by atoms with Gasteiger partial charge in [0, 0.05) is 11.8 Å². The lowest BCUT2D eigenvalue weighted by Crippen LogP contribution is -2.09. The summed E-state index contributed by atoms with van der Waals surface area (Å²) in [6.45, 7) is -3.19. The van der Waals surface area contributed by atoms with Gasteiger partial charge in [-0.2, -0.15) is 8.78 Å². The van der Waals surface area contributed by atoms with E-state index in [-0.39, 0.29) is 12.0 Å². The number of benzene rings is 1. The van der Waals surface area contributed by atoms with E-state index < -0.39 is 28.8 Å². The summed E-state index contributed by atoms with van der Waals surface area (Å²) >= 11 is 3.03. The zero-order valence-electron chi connectivity index (χ0n) is 8.94. The van der Waals surface area contributed by atoms with E-state index >= 15 is 0 Å². The lowest BCUT2D eigenvalue weighted by Gasteiger charge is -2.07. The van der Waals surface area contributed by atoms with Gasteiger partial charge in [-0.15, -0.1) is 0 Å². The van der Waals surface area contributed by atoms with Gasteiger partial charge < -0.3 is 4.74 Å². The second kappa shape index (κ2) is 6.39. The van der Waals surface area contributed by atoms with E-state index in [2.05, 4.69) is 20.7 Å². The molecule has 98 valence electrons. The fraction of sp³-hybridized carbons (Fsp3) is 0.300. The summed E-state index contributed by atoms with van der Waals surface area (Å²) in [7, 11) is 0. The molecule has 0 amide bonds. The van der Waals surface area contributed by atoms with Gasteiger partial charge in [-0.1, -0.05) is 22.0 Å². The maximum atomic E-state index is 12.1. The lowest BCUT2D eigenvalue weighted by atomic mass is 10.1. The number of nitro groups is 1. The van der Waals surface area contributed by atoms with Gasteiger partial charge >= 0.3 is 12.3 Å². The Kier molecular flexibility index (Phi) is 5.14. The van der Waals surface area contributed by atoms with Crippen LogP contribution in [0.4, 0.5) is 14.5 Å². The highest BCUT2D eigenvalue weighted by atomic mass is 79.9. The predicted molar refractivity (Wildman–Crippen MR) is 62.5 cm³/mol. The Hall–Kier alpha value is -1.57. The molecule has 0 fully saturated rings. The number of halogens is 3. The topological polar surface area (TPSA) is 69.4 Å². The molecular formula is C10H8BrF2NO4. The third-order valence-corrected chi connectivity index (χ3v) is 2.42. The van der Waals surface area contributed by atoms with Gasteiger partial charge in [0.15, 0.2) is 5.78 Å². The molecule has 0 spiro atoms. The van der Waals surface area contributed by atoms with Crippen LogP contribution in [-0.4, -0.2) is 22.6 Å². The molecule has 0 aliphatic rings. The quantitative estimate of drug-likeness (QED) is 0.349. The number of Topliss-reactive ketones (excluding diaryl/α,β-unsaturated/α-hetero) is 1. The van der Waals surface area contributed by atoms with Crippen LogP contribution >= 0.6 is 15.9 Å². The van der Waals surface area contributed by atoms with Gasteiger partial charge in [0.25, 0.3) is 0 Å². The molecule has 0 saturated heterocycles. The Labute approximate surface area is 109 Å². The van der Waals surface area contributed by atoms with Crippen molar-refractivity contribution in [3.8, 4) is 5.75 Å². The van der Waals surface area contributed by atoms with Crippen molar-refractivity contribution in [1.29, 1.82) is 0 Å². The van der Waals surface area contributed by atoms with E-state index in [4.69, 9.17) is 0 Å². The molecule has 0 saturated carbocycles. The number of carbonyl (C=O) groups excluding carboxylic acids is 1. The zero-order chi connectivity index (χ0) is 13.7. The maximum absolute atomic E-state index is 12.1. The maximum Gasteiger partial charge on any atom is 0.387 e. The zero-order valence-corrected chi connectivity index (χ0v) is 10.5. The molecule has 0 unspecified atom stereocenters. The highest BCUT2D eigenvalue weighted by Gasteiger charge is 2.26. The van der Waals surface area contributed by atoms with E-state index in [0.717, 1.165) is 6.07 Å². The van der Waals surface area contributed by atoms with Crippen LogP contribution in [0.2, 0.25) is 0 Å². The van der Waals surface area contributed by atoms with Gasteiger partial charge in [0.2, 0.25) is 5.75 Å². The number of rotatable bonds is 6. The second-order valence-electron chi connectivity index (χ2n) is 3.15. The average molecular weight is 324 g/mol. The van der Waals surface area contributed by atoms with Crippen LogP contribution in [-0.2, 0) is 0 Å². The normalized spacial score (nSPS) is 10.4. The molecule has 18 heavy (non-hydrogen) atoms. The van der Waals surface area contributed by atoms with Crippen LogP contribution in [0.25, 0.3) is 0 Å². The first-order valence-electron chi connectivity index (χ1n) is 4.78. The number of para-hydroxylation sites is 1.